The molecule has 0 aliphatic carbocycles. The van der Waals surface area contributed by atoms with E-state index < -0.39 is 0 Å². The lowest BCUT2D eigenvalue weighted by atomic mass is 10.1. The van der Waals surface area contributed by atoms with Gasteiger partial charge in [0.05, 0.1) is 6.42 Å². The van der Waals surface area contributed by atoms with Gasteiger partial charge in [0.1, 0.15) is 0 Å². The maximum atomic E-state index is 11.0. The number of nitrogen functional groups attached to an aromatic ring is 1. The largest absolute Gasteiger partial charge is 0.398 e. The van der Waals surface area contributed by atoms with Gasteiger partial charge in [-0.05, 0) is 33.6 Å². The van der Waals surface area contributed by atoms with E-state index in [1.54, 1.807) is 6.07 Å². The van der Waals surface area contributed by atoms with Crippen molar-refractivity contribution in [3.63, 3.8) is 0 Å². The van der Waals surface area contributed by atoms with Crippen LogP contribution in [0.25, 0.3) is 0 Å². The highest BCUT2D eigenvalue weighted by Gasteiger charge is 2.18. The standard InChI is InChI=1S/C8H7BrN2O/c9-5-1-4-2-8(12)11-7(4)3-6(5)10/h1,3H,2,10H2,(H,11,12). The van der Waals surface area contributed by atoms with E-state index in [9.17, 15) is 4.79 Å². The van der Waals surface area contributed by atoms with Gasteiger partial charge in [-0.1, -0.05) is 0 Å². The first-order valence-corrected chi connectivity index (χ1v) is 4.34. The molecule has 1 aliphatic heterocycles. The lowest BCUT2D eigenvalue weighted by Gasteiger charge is -2.01. The van der Waals surface area contributed by atoms with Crippen molar-refractivity contribution < 1.29 is 4.79 Å². The van der Waals surface area contributed by atoms with Crippen molar-refractivity contribution in [3.8, 4) is 0 Å². The number of hydrogen-bond donors (Lipinski definition) is 2. The molecule has 1 amide bonds. The number of carbonyl (C=O) groups is 1. The zero-order chi connectivity index (χ0) is 8.72. The average Bonchev–Trinajstić information content (AvgIpc) is 2.30. The zero-order valence-corrected chi connectivity index (χ0v) is 7.81. The van der Waals surface area contributed by atoms with Gasteiger partial charge in [-0.3, -0.25) is 4.79 Å². The molecule has 0 saturated heterocycles. The molecule has 1 heterocycles. The highest BCUT2D eigenvalue weighted by atomic mass is 79.9. The fraction of sp³-hybridized carbons (Fsp3) is 0.125. The molecule has 0 unspecified atom stereocenters. The van der Waals surface area contributed by atoms with Crippen LogP contribution in [-0.4, -0.2) is 5.91 Å². The molecule has 1 aliphatic rings. The van der Waals surface area contributed by atoms with Crippen LogP contribution in [0, 0.1) is 0 Å². The predicted octanol–water partition coefficient (Wildman–Crippen LogP) is 1.53. The van der Waals surface area contributed by atoms with Crippen molar-refractivity contribution in [2.45, 2.75) is 6.42 Å². The third kappa shape index (κ3) is 1.08. The van der Waals surface area contributed by atoms with Crippen LogP contribution in [0.15, 0.2) is 16.6 Å². The second-order valence-corrected chi connectivity index (χ2v) is 3.61. The van der Waals surface area contributed by atoms with Gasteiger partial charge in [-0.15, -0.1) is 0 Å². The minimum atomic E-state index is 0.0301. The predicted molar refractivity (Wildman–Crippen MR) is 50.9 cm³/mol. The molecule has 0 aromatic heterocycles. The van der Waals surface area contributed by atoms with E-state index in [4.69, 9.17) is 5.73 Å². The van der Waals surface area contributed by atoms with Gasteiger partial charge >= 0.3 is 0 Å². The summed E-state index contributed by atoms with van der Waals surface area (Å²) in [7, 11) is 0. The Hall–Kier alpha value is -1.03. The first-order valence-electron chi connectivity index (χ1n) is 3.54. The van der Waals surface area contributed by atoms with Gasteiger partial charge < -0.3 is 11.1 Å². The summed E-state index contributed by atoms with van der Waals surface area (Å²) < 4.78 is 0.845. The summed E-state index contributed by atoms with van der Waals surface area (Å²) in [4.78, 5) is 11.0. The van der Waals surface area contributed by atoms with Crippen molar-refractivity contribution >= 4 is 33.2 Å². The van der Waals surface area contributed by atoms with Crippen molar-refractivity contribution in [3.05, 3.63) is 22.2 Å². The van der Waals surface area contributed by atoms with E-state index in [0.29, 0.717) is 12.1 Å². The van der Waals surface area contributed by atoms with Gasteiger partial charge in [-0.25, -0.2) is 0 Å². The molecule has 1 aromatic carbocycles. The summed E-state index contributed by atoms with van der Waals surface area (Å²) in [6, 6.07) is 3.65. The van der Waals surface area contributed by atoms with Crippen molar-refractivity contribution in [1.29, 1.82) is 0 Å². The number of nitrogens with two attached hydrogens (primary N) is 1. The molecule has 2 rings (SSSR count). The molecule has 3 nitrogen and oxygen atoms in total. The minimum absolute atomic E-state index is 0.0301. The lowest BCUT2D eigenvalue weighted by molar-refractivity contribution is -0.115. The lowest BCUT2D eigenvalue weighted by Crippen LogP contribution is -2.03. The van der Waals surface area contributed by atoms with Gasteiger partial charge in [-0.2, -0.15) is 0 Å². The van der Waals surface area contributed by atoms with Gasteiger partial charge in [0, 0.05) is 15.8 Å². The van der Waals surface area contributed by atoms with Crippen LogP contribution in [-0.2, 0) is 11.2 Å². The Morgan fingerprint density at radius 1 is 1.50 bits per heavy atom. The molecule has 0 spiro atoms. The zero-order valence-electron chi connectivity index (χ0n) is 6.23. The molecule has 62 valence electrons. The number of rotatable bonds is 0. The van der Waals surface area contributed by atoms with Crippen LogP contribution in [0.4, 0.5) is 11.4 Å². The molecule has 0 saturated carbocycles. The van der Waals surface area contributed by atoms with Gasteiger partial charge in [0.2, 0.25) is 5.91 Å². The Kier molecular flexibility index (Phi) is 1.58. The monoisotopic (exact) mass is 226 g/mol. The fourth-order valence-corrected chi connectivity index (χ4v) is 1.65. The van der Waals surface area contributed by atoms with Crippen LogP contribution in [0.5, 0.6) is 0 Å². The summed E-state index contributed by atoms with van der Waals surface area (Å²) in [6.45, 7) is 0. The molecular formula is C8H7BrN2O. The minimum Gasteiger partial charge on any atom is -0.398 e. The SMILES string of the molecule is Nc1cc2c(cc1Br)CC(=O)N2. The number of hydrogen-bond acceptors (Lipinski definition) is 2. The maximum absolute atomic E-state index is 11.0. The maximum Gasteiger partial charge on any atom is 0.228 e. The van der Waals surface area contributed by atoms with Crippen LogP contribution >= 0.6 is 15.9 Å². The molecule has 3 N–H and O–H groups in total. The Morgan fingerprint density at radius 2 is 2.25 bits per heavy atom. The van der Waals surface area contributed by atoms with E-state index in [0.717, 1.165) is 15.7 Å². The smallest absolute Gasteiger partial charge is 0.228 e. The fourth-order valence-electron chi connectivity index (χ4n) is 1.26. The second kappa shape index (κ2) is 2.48. The number of halogens is 1. The number of anilines is 2. The summed E-state index contributed by atoms with van der Waals surface area (Å²) in [5, 5.41) is 2.73. The first-order chi connectivity index (χ1) is 5.66. The van der Waals surface area contributed by atoms with Crippen molar-refractivity contribution in [1.82, 2.24) is 0 Å². The highest BCUT2D eigenvalue weighted by Crippen LogP contribution is 2.30. The Bertz CT molecular complexity index is 329. The Morgan fingerprint density at radius 3 is 3.00 bits per heavy atom. The van der Waals surface area contributed by atoms with E-state index in [1.165, 1.54) is 0 Å². The number of benzene rings is 1. The molecule has 0 radical (unpaired) electrons. The second-order valence-electron chi connectivity index (χ2n) is 2.76. The number of amides is 1. The summed E-state index contributed by atoms with van der Waals surface area (Å²) in [5.74, 6) is 0.0301. The van der Waals surface area contributed by atoms with Gasteiger partial charge in [0.25, 0.3) is 0 Å². The van der Waals surface area contributed by atoms with E-state index >= 15 is 0 Å². The highest BCUT2D eigenvalue weighted by molar-refractivity contribution is 9.10. The van der Waals surface area contributed by atoms with E-state index in [1.807, 2.05) is 6.07 Å². The molecule has 1 aromatic rings. The van der Waals surface area contributed by atoms with Crippen molar-refractivity contribution in [2.24, 2.45) is 0 Å². The Balaban J connectivity index is 2.55. The van der Waals surface area contributed by atoms with E-state index in [2.05, 4.69) is 21.2 Å². The van der Waals surface area contributed by atoms with Crippen LogP contribution in [0.1, 0.15) is 5.56 Å². The molecule has 0 fully saturated rings. The quantitative estimate of drug-likeness (QED) is 0.660. The van der Waals surface area contributed by atoms with Crippen LogP contribution < -0.4 is 11.1 Å². The van der Waals surface area contributed by atoms with Crippen molar-refractivity contribution in [2.75, 3.05) is 11.1 Å². The molecule has 4 heteroatoms. The molecule has 0 bridgehead atoms. The van der Waals surface area contributed by atoms with Gasteiger partial charge in [0.15, 0.2) is 0 Å². The van der Waals surface area contributed by atoms with E-state index in [-0.39, 0.29) is 5.91 Å². The third-order valence-corrected chi connectivity index (χ3v) is 2.53. The Labute approximate surface area is 78.1 Å². The summed E-state index contributed by atoms with van der Waals surface area (Å²) >= 11 is 3.30. The normalized spacial score (nSPS) is 14.2. The molecular weight excluding hydrogens is 220 g/mol. The molecule has 12 heavy (non-hydrogen) atoms. The topological polar surface area (TPSA) is 55.1 Å². The average molecular weight is 227 g/mol. The summed E-state index contributed by atoms with van der Waals surface area (Å²) in [6.07, 6.45) is 0.453. The third-order valence-electron chi connectivity index (χ3n) is 1.85. The number of carbonyl (C=O) groups excluding carboxylic acids is 1. The number of fused-ring (bicyclic) bond motifs is 1. The molecule has 0 atom stereocenters. The summed E-state index contributed by atoms with van der Waals surface area (Å²) in [5.41, 5.74) is 8.12. The van der Waals surface area contributed by atoms with Crippen LogP contribution in [0.2, 0.25) is 0 Å². The number of nitrogens with one attached hydrogen (secondary N) is 1. The van der Waals surface area contributed by atoms with Crippen LogP contribution in [0.3, 0.4) is 0 Å². The first kappa shape index (κ1) is 7.61.